The van der Waals surface area contributed by atoms with Gasteiger partial charge in [0.1, 0.15) is 5.82 Å². The number of hydrogen-bond acceptors (Lipinski definition) is 3. The van der Waals surface area contributed by atoms with Crippen LogP contribution in [0.5, 0.6) is 0 Å². The molecule has 5 heteroatoms. The summed E-state index contributed by atoms with van der Waals surface area (Å²) in [6.45, 7) is 3.04. The first-order valence-electron chi connectivity index (χ1n) is 4.72. The topological polar surface area (TPSA) is 78.9 Å². The Kier molecular flexibility index (Phi) is 3.59. The highest BCUT2D eigenvalue weighted by molar-refractivity contribution is 5.95. The van der Waals surface area contributed by atoms with Gasteiger partial charge in [-0.05, 0) is 26.0 Å². The van der Waals surface area contributed by atoms with Crippen LogP contribution in [0, 0.1) is 24.1 Å². The number of nitrogens with one attached hydrogen (secondary N) is 1. The summed E-state index contributed by atoms with van der Waals surface area (Å²) in [6.07, 6.45) is 0. The van der Waals surface area contributed by atoms with Gasteiger partial charge >= 0.3 is 0 Å². The van der Waals surface area contributed by atoms with Crippen molar-refractivity contribution >= 4 is 11.6 Å². The zero-order chi connectivity index (χ0) is 12.3. The van der Waals surface area contributed by atoms with E-state index in [4.69, 9.17) is 11.0 Å². The van der Waals surface area contributed by atoms with Crippen LogP contribution < -0.4 is 11.1 Å². The first-order valence-corrected chi connectivity index (χ1v) is 4.72. The van der Waals surface area contributed by atoms with Crippen LogP contribution in [0.1, 0.15) is 18.1 Å². The Morgan fingerprint density at radius 2 is 2.25 bits per heavy atom. The molecular formula is C11H12FN3O. The number of carbonyl (C=O) groups is 1. The number of benzene rings is 1. The highest BCUT2D eigenvalue weighted by Gasteiger charge is 2.12. The van der Waals surface area contributed by atoms with Gasteiger partial charge in [-0.25, -0.2) is 4.39 Å². The summed E-state index contributed by atoms with van der Waals surface area (Å²) in [6, 6.07) is 3.67. The lowest BCUT2D eigenvalue weighted by Gasteiger charge is -2.11. The van der Waals surface area contributed by atoms with Crippen LogP contribution in [-0.4, -0.2) is 11.9 Å². The number of hydrogen-bond donors (Lipinski definition) is 2. The summed E-state index contributed by atoms with van der Waals surface area (Å²) in [7, 11) is 0. The molecule has 1 aromatic rings. The van der Waals surface area contributed by atoms with Crippen molar-refractivity contribution in [1.29, 1.82) is 5.26 Å². The van der Waals surface area contributed by atoms with Crippen LogP contribution >= 0.6 is 0 Å². The number of rotatable bonds is 2. The van der Waals surface area contributed by atoms with E-state index in [2.05, 4.69) is 5.32 Å². The maximum absolute atomic E-state index is 13.3. The SMILES string of the molecule is Cc1c(F)cc(C#N)cc1NC(=O)[C@H](C)N. The Morgan fingerprint density at radius 3 is 2.75 bits per heavy atom. The molecule has 84 valence electrons. The molecule has 1 aromatic carbocycles. The van der Waals surface area contributed by atoms with E-state index in [0.29, 0.717) is 0 Å². The molecule has 3 N–H and O–H groups in total. The fourth-order valence-corrected chi connectivity index (χ4v) is 1.12. The largest absolute Gasteiger partial charge is 0.324 e. The molecule has 0 aliphatic carbocycles. The number of amides is 1. The van der Waals surface area contributed by atoms with E-state index < -0.39 is 17.8 Å². The molecule has 0 aliphatic heterocycles. The van der Waals surface area contributed by atoms with Gasteiger partial charge < -0.3 is 11.1 Å². The quantitative estimate of drug-likeness (QED) is 0.789. The average molecular weight is 221 g/mol. The van der Waals surface area contributed by atoms with Gasteiger partial charge in [0.2, 0.25) is 5.91 Å². The summed E-state index contributed by atoms with van der Waals surface area (Å²) >= 11 is 0. The lowest BCUT2D eigenvalue weighted by atomic mass is 10.1. The van der Waals surface area contributed by atoms with Gasteiger partial charge in [-0.15, -0.1) is 0 Å². The van der Waals surface area contributed by atoms with Crippen molar-refractivity contribution in [3.05, 3.63) is 29.1 Å². The monoisotopic (exact) mass is 221 g/mol. The molecule has 0 saturated carbocycles. The summed E-state index contributed by atoms with van der Waals surface area (Å²) < 4.78 is 13.3. The van der Waals surface area contributed by atoms with Crippen molar-refractivity contribution in [2.45, 2.75) is 19.9 Å². The van der Waals surface area contributed by atoms with Gasteiger partial charge in [0.25, 0.3) is 0 Å². The number of anilines is 1. The van der Waals surface area contributed by atoms with Crippen molar-refractivity contribution in [2.75, 3.05) is 5.32 Å². The van der Waals surface area contributed by atoms with E-state index in [1.807, 2.05) is 6.07 Å². The molecule has 1 amide bonds. The van der Waals surface area contributed by atoms with Crippen molar-refractivity contribution < 1.29 is 9.18 Å². The van der Waals surface area contributed by atoms with E-state index in [1.165, 1.54) is 19.9 Å². The number of nitriles is 1. The minimum atomic E-state index is -0.687. The van der Waals surface area contributed by atoms with Crippen molar-refractivity contribution in [3.63, 3.8) is 0 Å². The van der Waals surface area contributed by atoms with Gasteiger partial charge in [-0.3, -0.25) is 4.79 Å². The van der Waals surface area contributed by atoms with Crippen LogP contribution in [-0.2, 0) is 4.79 Å². The van der Waals surface area contributed by atoms with Crippen LogP contribution in [0.2, 0.25) is 0 Å². The number of carbonyl (C=O) groups excluding carboxylic acids is 1. The van der Waals surface area contributed by atoms with Gasteiger partial charge in [0.05, 0.1) is 17.7 Å². The van der Waals surface area contributed by atoms with Gasteiger partial charge in [-0.2, -0.15) is 5.26 Å². The third-order valence-electron chi connectivity index (χ3n) is 2.14. The highest BCUT2D eigenvalue weighted by atomic mass is 19.1. The minimum absolute atomic E-state index is 0.156. The third kappa shape index (κ3) is 2.55. The first kappa shape index (κ1) is 12.1. The van der Waals surface area contributed by atoms with Crippen molar-refractivity contribution in [3.8, 4) is 6.07 Å². The normalized spacial score (nSPS) is 11.7. The second-order valence-corrected chi connectivity index (χ2v) is 3.52. The summed E-state index contributed by atoms with van der Waals surface area (Å²) in [5.41, 5.74) is 6.09. The molecule has 4 nitrogen and oxygen atoms in total. The lowest BCUT2D eigenvalue weighted by Crippen LogP contribution is -2.32. The Hall–Kier alpha value is -1.93. The van der Waals surface area contributed by atoms with Crippen molar-refractivity contribution in [1.82, 2.24) is 0 Å². The van der Waals surface area contributed by atoms with E-state index in [1.54, 1.807) is 0 Å². The third-order valence-corrected chi connectivity index (χ3v) is 2.14. The maximum atomic E-state index is 13.3. The molecule has 0 unspecified atom stereocenters. The van der Waals surface area contributed by atoms with E-state index in [0.717, 1.165) is 6.07 Å². The highest BCUT2D eigenvalue weighted by Crippen LogP contribution is 2.20. The van der Waals surface area contributed by atoms with Crippen LogP contribution in [0.15, 0.2) is 12.1 Å². The van der Waals surface area contributed by atoms with Crippen LogP contribution in [0.3, 0.4) is 0 Å². The molecule has 0 saturated heterocycles. The molecule has 0 aliphatic rings. The molecule has 0 fully saturated rings. The fraction of sp³-hybridized carbons (Fsp3) is 0.273. The first-order chi connectivity index (χ1) is 7.45. The molecule has 0 spiro atoms. The Bertz CT molecular complexity index is 463. The molecule has 16 heavy (non-hydrogen) atoms. The predicted octanol–water partition coefficient (Wildman–Crippen LogP) is 1.29. The Balaban J connectivity index is 3.09. The predicted molar refractivity (Wildman–Crippen MR) is 58.1 cm³/mol. The Morgan fingerprint density at radius 1 is 1.62 bits per heavy atom. The number of halogens is 1. The molecule has 0 aromatic heterocycles. The van der Waals surface area contributed by atoms with E-state index in [-0.39, 0.29) is 16.8 Å². The Labute approximate surface area is 92.9 Å². The van der Waals surface area contributed by atoms with Gasteiger partial charge in [-0.1, -0.05) is 0 Å². The maximum Gasteiger partial charge on any atom is 0.241 e. The molecule has 1 rings (SSSR count). The summed E-state index contributed by atoms with van der Waals surface area (Å²) in [5, 5.41) is 11.1. The average Bonchev–Trinajstić information content (AvgIpc) is 2.24. The molecule has 0 bridgehead atoms. The minimum Gasteiger partial charge on any atom is -0.324 e. The standard InChI is InChI=1S/C11H12FN3O/c1-6-9(12)3-8(5-13)4-10(6)15-11(16)7(2)14/h3-4,7H,14H2,1-2H3,(H,15,16)/t7-/m0/s1. The molecule has 1 atom stereocenters. The zero-order valence-corrected chi connectivity index (χ0v) is 9.04. The second-order valence-electron chi connectivity index (χ2n) is 3.52. The molecule has 0 heterocycles. The van der Waals surface area contributed by atoms with Crippen LogP contribution in [0.25, 0.3) is 0 Å². The second kappa shape index (κ2) is 4.73. The summed E-state index contributed by atoms with van der Waals surface area (Å²) in [5.74, 6) is -0.948. The lowest BCUT2D eigenvalue weighted by molar-refractivity contribution is -0.117. The molecule has 0 radical (unpaired) electrons. The van der Waals surface area contributed by atoms with E-state index in [9.17, 15) is 9.18 Å². The van der Waals surface area contributed by atoms with Crippen molar-refractivity contribution in [2.24, 2.45) is 5.73 Å². The summed E-state index contributed by atoms with van der Waals surface area (Å²) in [4.78, 5) is 11.3. The van der Waals surface area contributed by atoms with Gasteiger partial charge in [0.15, 0.2) is 0 Å². The number of nitrogens with zero attached hydrogens (tertiary/aromatic N) is 1. The fourth-order valence-electron chi connectivity index (χ4n) is 1.12. The smallest absolute Gasteiger partial charge is 0.241 e. The molecular weight excluding hydrogens is 209 g/mol. The van der Waals surface area contributed by atoms with E-state index >= 15 is 0 Å². The van der Waals surface area contributed by atoms with Gasteiger partial charge in [0, 0.05) is 11.3 Å². The van der Waals surface area contributed by atoms with Crippen LogP contribution in [0.4, 0.5) is 10.1 Å². The number of nitrogens with two attached hydrogens (primary N) is 1. The zero-order valence-electron chi connectivity index (χ0n) is 9.04.